The van der Waals surface area contributed by atoms with Crippen molar-refractivity contribution in [3.63, 3.8) is 0 Å². The van der Waals surface area contributed by atoms with Gasteiger partial charge in [-0.3, -0.25) is 5.10 Å². The number of aromatic nitrogens is 2. The molecule has 2 rings (SSSR count). The summed E-state index contributed by atoms with van der Waals surface area (Å²) in [6.07, 6.45) is 2.42. The third-order valence-electron chi connectivity index (χ3n) is 2.42. The number of benzene rings is 1. The highest BCUT2D eigenvalue weighted by Crippen LogP contribution is 2.28. The van der Waals surface area contributed by atoms with E-state index in [1.165, 1.54) is 0 Å². The molecule has 2 aromatic rings. The number of nitrogens with zero attached hydrogens (tertiary/aromatic N) is 1. The van der Waals surface area contributed by atoms with E-state index >= 15 is 0 Å². The SMILES string of the molecule is COc1ccc(C(O)c2cn[nH]c2)c(N)c1. The van der Waals surface area contributed by atoms with Crippen molar-refractivity contribution in [1.29, 1.82) is 0 Å². The predicted octanol–water partition coefficient (Wildman–Crippen LogP) is 1.08. The Hall–Kier alpha value is -2.01. The van der Waals surface area contributed by atoms with Gasteiger partial charge in [0.25, 0.3) is 0 Å². The fourth-order valence-corrected chi connectivity index (χ4v) is 1.52. The monoisotopic (exact) mass is 219 g/mol. The van der Waals surface area contributed by atoms with Crippen molar-refractivity contribution in [2.24, 2.45) is 0 Å². The van der Waals surface area contributed by atoms with Gasteiger partial charge in [0.15, 0.2) is 0 Å². The van der Waals surface area contributed by atoms with Gasteiger partial charge in [-0.25, -0.2) is 0 Å². The second-order valence-electron chi connectivity index (χ2n) is 3.43. The Bertz CT molecular complexity index is 468. The smallest absolute Gasteiger partial charge is 0.120 e. The molecule has 0 saturated heterocycles. The van der Waals surface area contributed by atoms with Crippen LogP contribution in [-0.2, 0) is 0 Å². The van der Waals surface area contributed by atoms with Crippen molar-refractivity contribution in [3.8, 4) is 5.75 Å². The standard InChI is InChI=1S/C11H13N3O2/c1-16-8-2-3-9(10(12)4-8)11(15)7-5-13-14-6-7/h2-6,11,15H,12H2,1H3,(H,13,14). The first-order valence-electron chi connectivity index (χ1n) is 4.82. The Labute approximate surface area is 92.9 Å². The highest BCUT2D eigenvalue weighted by Gasteiger charge is 2.14. The summed E-state index contributed by atoms with van der Waals surface area (Å²) >= 11 is 0. The minimum atomic E-state index is -0.773. The van der Waals surface area contributed by atoms with Gasteiger partial charge in [-0.05, 0) is 6.07 Å². The summed E-state index contributed by atoms with van der Waals surface area (Å²) in [7, 11) is 1.57. The largest absolute Gasteiger partial charge is 0.497 e. The van der Waals surface area contributed by atoms with E-state index in [1.807, 2.05) is 0 Å². The zero-order valence-electron chi connectivity index (χ0n) is 8.84. The minimum Gasteiger partial charge on any atom is -0.497 e. The fourth-order valence-electron chi connectivity index (χ4n) is 1.52. The maximum Gasteiger partial charge on any atom is 0.120 e. The minimum absolute atomic E-state index is 0.494. The predicted molar refractivity (Wildman–Crippen MR) is 60.1 cm³/mol. The van der Waals surface area contributed by atoms with Crippen molar-refractivity contribution in [2.45, 2.75) is 6.10 Å². The molecule has 5 nitrogen and oxygen atoms in total. The van der Waals surface area contributed by atoms with E-state index in [0.29, 0.717) is 22.6 Å². The Balaban J connectivity index is 2.34. The number of hydrogen-bond donors (Lipinski definition) is 3. The molecule has 16 heavy (non-hydrogen) atoms. The molecule has 0 bridgehead atoms. The van der Waals surface area contributed by atoms with Gasteiger partial charge in [0.05, 0.1) is 13.3 Å². The molecule has 1 heterocycles. The van der Waals surface area contributed by atoms with Gasteiger partial charge in [-0.1, -0.05) is 6.07 Å². The number of nitrogen functional groups attached to an aromatic ring is 1. The molecule has 0 amide bonds. The molecular formula is C11H13N3O2. The van der Waals surface area contributed by atoms with E-state index in [2.05, 4.69) is 10.2 Å². The number of ether oxygens (including phenoxy) is 1. The molecule has 5 heteroatoms. The lowest BCUT2D eigenvalue weighted by Crippen LogP contribution is -2.03. The lowest BCUT2D eigenvalue weighted by molar-refractivity contribution is 0.221. The molecule has 1 aromatic heterocycles. The van der Waals surface area contributed by atoms with Crippen LogP contribution in [0.1, 0.15) is 17.2 Å². The maximum absolute atomic E-state index is 10.0. The van der Waals surface area contributed by atoms with Crippen LogP contribution in [0.15, 0.2) is 30.6 Å². The second-order valence-corrected chi connectivity index (χ2v) is 3.43. The first-order valence-corrected chi connectivity index (χ1v) is 4.82. The molecular weight excluding hydrogens is 206 g/mol. The highest BCUT2D eigenvalue weighted by molar-refractivity contribution is 5.54. The van der Waals surface area contributed by atoms with Gasteiger partial charge in [-0.15, -0.1) is 0 Å². The van der Waals surface area contributed by atoms with Crippen LogP contribution in [0.5, 0.6) is 5.75 Å². The summed E-state index contributed by atoms with van der Waals surface area (Å²) in [5.41, 5.74) is 7.65. The van der Waals surface area contributed by atoms with Crippen LogP contribution >= 0.6 is 0 Å². The highest BCUT2D eigenvalue weighted by atomic mass is 16.5. The number of nitrogens with one attached hydrogen (secondary N) is 1. The number of nitrogens with two attached hydrogens (primary N) is 1. The average Bonchev–Trinajstić information content (AvgIpc) is 2.81. The zero-order chi connectivity index (χ0) is 11.5. The number of aromatic amines is 1. The van der Waals surface area contributed by atoms with Gasteiger partial charge in [0, 0.05) is 29.1 Å². The number of aliphatic hydroxyl groups excluding tert-OH is 1. The molecule has 0 aliphatic carbocycles. The Morgan fingerprint density at radius 2 is 2.31 bits per heavy atom. The van der Waals surface area contributed by atoms with Crippen molar-refractivity contribution in [2.75, 3.05) is 12.8 Å². The Morgan fingerprint density at radius 1 is 1.50 bits per heavy atom. The first kappa shape index (κ1) is 10.5. The van der Waals surface area contributed by atoms with E-state index in [4.69, 9.17) is 10.5 Å². The summed E-state index contributed by atoms with van der Waals surface area (Å²) in [5, 5.41) is 16.5. The molecule has 1 aromatic carbocycles. The number of hydrogen-bond acceptors (Lipinski definition) is 4. The molecule has 4 N–H and O–H groups in total. The van der Waals surface area contributed by atoms with Gasteiger partial charge in [0.1, 0.15) is 11.9 Å². The van der Waals surface area contributed by atoms with Crippen molar-refractivity contribution < 1.29 is 9.84 Å². The van der Waals surface area contributed by atoms with Gasteiger partial charge < -0.3 is 15.6 Å². The molecule has 0 aliphatic rings. The molecule has 0 spiro atoms. The molecule has 84 valence electrons. The summed E-state index contributed by atoms with van der Waals surface area (Å²) in [4.78, 5) is 0. The van der Waals surface area contributed by atoms with Crippen LogP contribution in [0.4, 0.5) is 5.69 Å². The summed E-state index contributed by atoms with van der Waals surface area (Å²) in [6, 6.07) is 5.18. The van der Waals surface area contributed by atoms with Crippen LogP contribution in [0.3, 0.4) is 0 Å². The normalized spacial score (nSPS) is 12.4. The van der Waals surface area contributed by atoms with Gasteiger partial charge >= 0.3 is 0 Å². The third kappa shape index (κ3) is 1.85. The Morgan fingerprint density at radius 3 is 2.88 bits per heavy atom. The van der Waals surface area contributed by atoms with E-state index in [0.717, 1.165) is 0 Å². The van der Waals surface area contributed by atoms with Crippen molar-refractivity contribution >= 4 is 5.69 Å². The molecule has 0 radical (unpaired) electrons. The number of aliphatic hydroxyl groups is 1. The number of anilines is 1. The second kappa shape index (κ2) is 4.24. The summed E-state index contributed by atoms with van der Waals surface area (Å²) < 4.78 is 5.04. The van der Waals surface area contributed by atoms with Crippen molar-refractivity contribution in [1.82, 2.24) is 10.2 Å². The van der Waals surface area contributed by atoms with E-state index in [1.54, 1.807) is 37.7 Å². The van der Waals surface area contributed by atoms with Crippen LogP contribution in [0.2, 0.25) is 0 Å². The number of rotatable bonds is 3. The van der Waals surface area contributed by atoms with Crippen LogP contribution in [0.25, 0.3) is 0 Å². The molecule has 1 unspecified atom stereocenters. The van der Waals surface area contributed by atoms with Crippen molar-refractivity contribution in [3.05, 3.63) is 41.7 Å². The summed E-state index contributed by atoms with van der Waals surface area (Å²) in [6.45, 7) is 0. The average molecular weight is 219 g/mol. The molecule has 0 saturated carbocycles. The lowest BCUT2D eigenvalue weighted by Gasteiger charge is -2.12. The topological polar surface area (TPSA) is 84.2 Å². The first-order chi connectivity index (χ1) is 7.72. The molecule has 1 atom stereocenters. The van der Waals surface area contributed by atoms with Gasteiger partial charge in [-0.2, -0.15) is 5.10 Å². The maximum atomic E-state index is 10.0. The molecule has 0 aliphatic heterocycles. The number of methoxy groups -OCH3 is 1. The zero-order valence-corrected chi connectivity index (χ0v) is 8.84. The van der Waals surface area contributed by atoms with E-state index in [9.17, 15) is 5.11 Å². The van der Waals surface area contributed by atoms with Crippen LogP contribution in [-0.4, -0.2) is 22.4 Å². The van der Waals surface area contributed by atoms with Crippen LogP contribution in [0, 0.1) is 0 Å². The Kier molecular flexibility index (Phi) is 2.78. The van der Waals surface area contributed by atoms with E-state index in [-0.39, 0.29) is 0 Å². The third-order valence-corrected chi connectivity index (χ3v) is 2.42. The van der Waals surface area contributed by atoms with E-state index < -0.39 is 6.10 Å². The summed E-state index contributed by atoms with van der Waals surface area (Å²) in [5.74, 6) is 0.667. The van der Waals surface area contributed by atoms with Crippen LogP contribution < -0.4 is 10.5 Å². The van der Waals surface area contributed by atoms with Gasteiger partial charge in [0.2, 0.25) is 0 Å². The quantitative estimate of drug-likeness (QED) is 0.674. The lowest BCUT2D eigenvalue weighted by atomic mass is 10.0. The number of H-pyrrole nitrogens is 1. The fraction of sp³-hybridized carbons (Fsp3) is 0.182. The molecule has 0 fully saturated rings.